The van der Waals surface area contributed by atoms with Gasteiger partial charge in [-0.25, -0.2) is 0 Å². The maximum Gasteiger partial charge on any atom is 0.253 e. The highest BCUT2D eigenvalue weighted by atomic mass is 16.2. The smallest absolute Gasteiger partial charge is 0.253 e. The van der Waals surface area contributed by atoms with Gasteiger partial charge in [-0.3, -0.25) is 14.5 Å². The van der Waals surface area contributed by atoms with E-state index in [0.717, 1.165) is 75.8 Å². The number of amides is 2. The summed E-state index contributed by atoms with van der Waals surface area (Å²) in [6.07, 6.45) is 6.43. The lowest BCUT2D eigenvalue weighted by Gasteiger charge is -2.42. The lowest BCUT2D eigenvalue weighted by atomic mass is 9.93. The molecule has 0 radical (unpaired) electrons. The summed E-state index contributed by atoms with van der Waals surface area (Å²) < 4.78 is 0. The van der Waals surface area contributed by atoms with Gasteiger partial charge in [0.25, 0.3) is 5.91 Å². The molecule has 0 bridgehead atoms. The summed E-state index contributed by atoms with van der Waals surface area (Å²) in [5, 5.41) is 3.17. The minimum absolute atomic E-state index is 0.145. The minimum Gasteiger partial charge on any atom is -0.353 e. The van der Waals surface area contributed by atoms with Crippen molar-refractivity contribution >= 4 is 11.8 Å². The van der Waals surface area contributed by atoms with Crippen molar-refractivity contribution < 1.29 is 9.59 Å². The number of carbonyl (C=O) groups excluding carboxylic acids is 2. The van der Waals surface area contributed by atoms with Gasteiger partial charge in [0.1, 0.15) is 0 Å². The van der Waals surface area contributed by atoms with Gasteiger partial charge < -0.3 is 10.2 Å². The predicted octanol–water partition coefficient (Wildman–Crippen LogP) is 2.59. The Morgan fingerprint density at radius 2 is 1.81 bits per heavy atom. The second-order valence-corrected chi connectivity index (χ2v) is 8.51. The maximum absolute atomic E-state index is 12.7. The van der Waals surface area contributed by atoms with Crippen LogP contribution in [0.1, 0.15) is 54.4 Å². The zero-order chi connectivity index (χ0) is 18.8. The van der Waals surface area contributed by atoms with Crippen molar-refractivity contribution in [2.45, 2.75) is 57.5 Å². The summed E-state index contributed by atoms with van der Waals surface area (Å²) in [4.78, 5) is 29.7. The van der Waals surface area contributed by atoms with E-state index >= 15 is 0 Å². The Kier molecular flexibility index (Phi) is 5.48. The fraction of sp³-hybridized carbons (Fsp3) is 0.636. The zero-order valence-corrected chi connectivity index (χ0v) is 16.3. The monoisotopic (exact) mass is 369 g/mol. The van der Waals surface area contributed by atoms with Gasteiger partial charge in [-0.15, -0.1) is 0 Å². The van der Waals surface area contributed by atoms with Crippen LogP contribution in [0.3, 0.4) is 0 Å². The highest BCUT2D eigenvalue weighted by Gasteiger charge is 2.34. The molecule has 27 heavy (non-hydrogen) atoms. The van der Waals surface area contributed by atoms with E-state index in [1.807, 2.05) is 36.1 Å². The first-order chi connectivity index (χ1) is 13.1. The number of nitrogens with one attached hydrogen (secondary N) is 1. The van der Waals surface area contributed by atoms with Crippen molar-refractivity contribution in [1.29, 1.82) is 0 Å². The summed E-state index contributed by atoms with van der Waals surface area (Å²) in [7, 11) is 0. The molecular weight excluding hydrogens is 338 g/mol. The Hall–Kier alpha value is -1.88. The SMILES string of the molecule is Cc1cccc(C(=O)N2CCC(N3CCC[C@@H](C(=O)NC4CC4)C3)CC2)c1. The Morgan fingerprint density at radius 3 is 2.52 bits per heavy atom. The Balaban J connectivity index is 1.29. The van der Waals surface area contributed by atoms with E-state index in [2.05, 4.69) is 10.2 Å². The molecule has 3 fully saturated rings. The molecular formula is C22H31N3O2. The molecule has 5 heteroatoms. The number of rotatable bonds is 4. The van der Waals surface area contributed by atoms with Gasteiger partial charge >= 0.3 is 0 Å². The Morgan fingerprint density at radius 1 is 1.04 bits per heavy atom. The van der Waals surface area contributed by atoms with Gasteiger partial charge in [-0.1, -0.05) is 17.7 Å². The van der Waals surface area contributed by atoms with Gasteiger partial charge in [0, 0.05) is 37.3 Å². The van der Waals surface area contributed by atoms with Crippen LogP contribution in [0.15, 0.2) is 24.3 Å². The molecule has 146 valence electrons. The van der Waals surface area contributed by atoms with E-state index in [9.17, 15) is 9.59 Å². The van der Waals surface area contributed by atoms with Gasteiger partial charge in [-0.2, -0.15) is 0 Å². The molecule has 1 aromatic rings. The molecule has 0 unspecified atom stereocenters. The molecule has 1 atom stereocenters. The molecule has 1 aromatic carbocycles. The van der Waals surface area contributed by atoms with Crippen LogP contribution >= 0.6 is 0 Å². The van der Waals surface area contributed by atoms with Crippen molar-refractivity contribution in [3.05, 3.63) is 35.4 Å². The fourth-order valence-corrected chi connectivity index (χ4v) is 4.49. The molecule has 2 amide bonds. The van der Waals surface area contributed by atoms with Crippen LogP contribution in [-0.4, -0.2) is 59.9 Å². The van der Waals surface area contributed by atoms with E-state index in [-0.39, 0.29) is 17.7 Å². The third kappa shape index (κ3) is 4.52. The number of hydrogen-bond acceptors (Lipinski definition) is 3. The lowest BCUT2D eigenvalue weighted by molar-refractivity contribution is -0.127. The van der Waals surface area contributed by atoms with Crippen LogP contribution in [0, 0.1) is 12.8 Å². The van der Waals surface area contributed by atoms with Gasteiger partial charge in [-0.05, 0) is 64.1 Å². The molecule has 1 saturated carbocycles. The molecule has 4 rings (SSSR count). The average Bonchev–Trinajstić information content (AvgIpc) is 3.51. The second-order valence-electron chi connectivity index (χ2n) is 8.51. The molecule has 3 aliphatic rings. The van der Waals surface area contributed by atoms with Crippen LogP contribution < -0.4 is 5.32 Å². The highest BCUT2D eigenvalue weighted by molar-refractivity contribution is 5.94. The van der Waals surface area contributed by atoms with Crippen molar-refractivity contribution in [3.63, 3.8) is 0 Å². The summed E-state index contributed by atoms with van der Waals surface area (Å²) in [5.41, 5.74) is 1.92. The Bertz CT molecular complexity index is 693. The quantitative estimate of drug-likeness (QED) is 0.888. The average molecular weight is 370 g/mol. The number of carbonyl (C=O) groups is 2. The summed E-state index contributed by atoms with van der Waals surface area (Å²) >= 11 is 0. The lowest BCUT2D eigenvalue weighted by Crippen LogP contribution is -2.51. The van der Waals surface area contributed by atoms with Crippen LogP contribution in [0.2, 0.25) is 0 Å². The van der Waals surface area contributed by atoms with Gasteiger partial charge in [0.15, 0.2) is 0 Å². The third-order valence-electron chi connectivity index (χ3n) is 6.28. The summed E-state index contributed by atoms with van der Waals surface area (Å²) in [6.45, 7) is 5.62. The normalized spacial score (nSPS) is 24.6. The molecule has 0 spiro atoms. The van der Waals surface area contributed by atoms with E-state index in [1.165, 1.54) is 0 Å². The number of nitrogens with zero attached hydrogens (tertiary/aromatic N) is 2. The third-order valence-corrected chi connectivity index (χ3v) is 6.28. The molecule has 1 N–H and O–H groups in total. The second kappa shape index (κ2) is 8.01. The molecule has 1 aliphatic carbocycles. The standard InChI is InChI=1S/C22H31N3O2/c1-16-4-2-5-17(14-16)22(27)24-12-9-20(10-13-24)25-11-3-6-18(15-25)21(26)23-19-7-8-19/h2,4-5,14,18-20H,3,6-13,15H2,1H3,(H,23,26)/t18-/m1/s1. The van der Waals surface area contributed by atoms with E-state index in [4.69, 9.17) is 0 Å². The van der Waals surface area contributed by atoms with E-state index in [1.54, 1.807) is 0 Å². The number of aryl methyl sites for hydroxylation is 1. The minimum atomic E-state index is 0.145. The maximum atomic E-state index is 12.7. The topological polar surface area (TPSA) is 52.7 Å². The van der Waals surface area contributed by atoms with Crippen LogP contribution in [0.5, 0.6) is 0 Å². The largest absolute Gasteiger partial charge is 0.353 e. The first kappa shape index (κ1) is 18.5. The number of likely N-dealkylation sites (tertiary alicyclic amines) is 2. The van der Waals surface area contributed by atoms with Crippen molar-refractivity contribution in [2.24, 2.45) is 5.92 Å². The zero-order valence-electron chi connectivity index (χ0n) is 16.3. The Labute approximate surface area is 162 Å². The first-order valence-corrected chi connectivity index (χ1v) is 10.5. The number of hydrogen-bond donors (Lipinski definition) is 1. The fourth-order valence-electron chi connectivity index (χ4n) is 4.49. The number of piperidine rings is 2. The summed E-state index contributed by atoms with van der Waals surface area (Å²) in [5.74, 6) is 0.554. The first-order valence-electron chi connectivity index (χ1n) is 10.5. The molecule has 0 aromatic heterocycles. The van der Waals surface area contributed by atoms with Crippen molar-refractivity contribution in [1.82, 2.24) is 15.1 Å². The van der Waals surface area contributed by atoms with Gasteiger partial charge in [0.2, 0.25) is 5.91 Å². The number of benzene rings is 1. The molecule has 2 heterocycles. The molecule has 2 saturated heterocycles. The summed E-state index contributed by atoms with van der Waals surface area (Å²) in [6, 6.07) is 8.81. The molecule has 5 nitrogen and oxygen atoms in total. The molecule has 2 aliphatic heterocycles. The highest BCUT2D eigenvalue weighted by Crippen LogP contribution is 2.26. The van der Waals surface area contributed by atoms with Gasteiger partial charge in [0.05, 0.1) is 5.92 Å². The van der Waals surface area contributed by atoms with E-state index < -0.39 is 0 Å². The van der Waals surface area contributed by atoms with Crippen LogP contribution in [-0.2, 0) is 4.79 Å². The van der Waals surface area contributed by atoms with Crippen molar-refractivity contribution in [3.8, 4) is 0 Å². The van der Waals surface area contributed by atoms with E-state index in [0.29, 0.717) is 12.1 Å². The van der Waals surface area contributed by atoms with Crippen LogP contribution in [0.4, 0.5) is 0 Å². The van der Waals surface area contributed by atoms with Crippen molar-refractivity contribution in [2.75, 3.05) is 26.2 Å². The van der Waals surface area contributed by atoms with Crippen LogP contribution in [0.25, 0.3) is 0 Å². The predicted molar refractivity (Wildman–Crippen MR) is 106 cm³/mol.